The molecule has 0 saturated heterocycles. The third-order valence-corrected chi connectivity index (χ3v) is 7.22. The van der Waals surface area contributed by atoms with E-state index < -0.39 is 12.1 Å². The average molecular weight is 362 g/mol. The van der Waals surface area contributed by atoms with Gasteiger partial charge >= 0.3 is 5.97 Å². The number of esters is 1. The number of hydrogen-bond donors (Lipinski definition) is 1. The number of rotatable bonds is 4. The monoisotopic (exact) mass is 362 g/mol. The Bertz CT molecular complexity index is 676. The predicted octanol–water partition coefficient (Wildman–Crippen LogP) is 3.39. The number of nitrogens with one attached hydrogen (secondary N) is 1. The molecule has 1 N–H and O–H groups in total. The Labute approximate surface area is 152 Å². The topological polar surface area (TPSA) is 68.3 Å². The van der Waals surface area contributed by atoms with E-state index in [4.69, 9.17) is 4.74 Å². The lowest BCUT2D eigenvalue weighted by atomic mass is 9.53. The molecule has 25 heavy (non-hydrogen) atoms. The number of thiazole rings is 1. The molecule has 0 radical (unpaired) electrons. The van der Waals surface area contributed by atoms with Crippen molar-refractivity contribution in [3.05, 3.63) is 15.6 Å². The van der Waals surface area contributed by atoms with Gasteiger partial charge in [0.25, 0.3) is 5.91 Å². The summed E-state index contributed by atoms with van der Waals surface area (Å²) in [6.45, 7) is 5.31. The number of carbonyl (C=O) groups excluding carboxylic acids is 2. The summed E-state index contributed by atoms with van der Waals surface area (Å²) in [5.41, 5.74) is 0.616. The molecule has 4 bridgehead atoms. The standard InChI is InChI=1S/C19H26N2O3S/c1-10-16(25-12(3)20-10)18(23)24-11(2)17(22)21-19-7-13-4-14(8-19)6-15(5-13)9-19/h11,13-15H,4-9H2,1-3H3,(H,21,22)/t11-,13?,14?,15?,19?/m1/s1. The van der Waals surface area contributed by atoms with E-state index in [-0.39, 0.29) is 11.4 Å². The van der Waals surface area contributed by atoms with Crippen molar-refractivity contribution in [3.8, 4) is 0 Å². The third-order valence-electron chi connectivity index (χ3n) is 6.17. The molecule has 5 nitrogen and oxygen atoms in total. The molecule has 1 atom stereocenters. The van der Waals surface area contributed by atoms with Gasteiger partial charge in [-0.2, -0.15) is 0 Å². The van der Waals surface area contributed by atoms with Crippen LogP contribution in [0.4, 0.5) is 0 Å². The van der Waals surface area contributed by atoms with E-state index in [0.29, 0.717) is 10.6 Å². The molecule has 1 amide bonds. The highest BCUT2D eigenvalue weighted by molar-refractivity contribution is 7.13. The summed E-state index contributed by atoms with van der Waals surface area (Å²) in [6.07, 6.45) is 6.52. The van der Waals surface area contributed by atoms with E-state index in [9.17, 15) is 9.59 Å². The van der Waals surface area contributed by atoms with E-state index in [1.807, 2.05) is 6.92 Å². The van der Waals surface area contributed by atoms with Crippen molar-refractivity contribution in [1.29, 1.82) is 0 Å². The van der Waals surface area contributed by atoms with Crippen molar-refractivity contribution in [1.82, 2.24) is 10.3 Å². The van der Waals surface area contributed by atoms with Gasteiger partial charge in [-0.05, 0) is 77.0 Å². The second kappa shape index (κ2) is 6.08. The Morgan fingerprint density at radius 1 is 1.16 bits per heavy atom. The van der Waals surface area contributed by atoms with E-state index >= 15 is 0 Å². The van der Waals surface area contributed by atoms with Crippen molar-refractivity contribution in [3.63, 3.8) is 0 Å². The van der Waals surface area contributed by atoms with E-state index in [1.54, 1.807) is 13.8 Å². The Balaban J connectivity index is 1.39. The van der Waals surface area contributed by atoms with Crippen LogP contribution in [0.3, 0.4) is 0 Å². The molecule has 5 rings (SSSR count). The van der Waals surface area contributed by atoms with Crippen molar-refractivity contribution in [2.24, 2.45) is 17.8 Å². The van der Waals surface area contributed by atoms with Gasteiger partial charge in [-0.25, -0.2) is 9.78 Å². The first-order chi connectivity index (χ1) is 11.8. The lowest BCUT2D eigenvalue weighted by Gasteiger charge is -2.57. The maximum Gasteiger partial charge on any atom is 0.351 e. The molecule has 4 aliphatic carbocycles. The Kier molecular flexibility index (Phi) is 4.13. The van der Waals surface area contributed by atoms with E-state index in [0.717, 1.165) is 42.0 Å². The minimum absolute atomic E-state index is 0.0521. The van der Waals surface area contributed by atoms with Crippen molar-refractivity contribution >= 4 is 23.2 Å². The zero-order valence-corrected chi connectivity index (χ0v) is 15.9. The van der Waals surface area contributed by atoms with Crippen LogP contribution in [0.5, 0.6) is 0 Å². The van der Waals surface area contributed by atoms with Crippen LogP contribution in [0.25, 0.3) is 0 Å². The SMILES string of the molecule is Cc1nc(C)c(C(=O)O[C@H](C)C(=O)NC23CC4CC(CC(C4)C2)C3)s1. The molecule has 0 aromatic carbocycles. The highest BCUT2D eigenvalue weighted by Crippen LogP contribution is 2.55. The number of ether oxygens (including phenoxy) is 1. The highest BCUT2D eigenvalue weighted by atomic mass is 32.1. The molecule has 0 aliphatic heterocycles. The summed E-state index contributed by atoms with van der Waals surface area (Å²) < 4.78 is 5.43. The van der Waals surface area contributed by atoms with Crippen LogP contribution in [0.2, 0.25) is 0 Å². The van der Waals surface area contributed by atoms with Gasteiger partial charge in [0.05, 0.1) is 10.7 Å². The third kappa shape index (κ3) is 3.21. The zero-order chi connectivity index (χ0) is 17.8. The number of hydrogen-bond acceptors (Lipinski definition) is 5. The summed E-state index contributed by atoms with van der Waals surface area (Å²) in [7, 11) is 0. The lowest BCUT2D eigenvalue weighted by molar-refractivity contribution is -0.134. The molecule has 136 valence electrons. The smallest absolute Gasteiger partial charge is 0.351 e. The number of amides is 1. The van der Waals surface area contributed by atoms with Crippen LogP contribution < -0.4 is 5.32 Å². The largest absolute Gasteiger partial charge is 0.448 e. The van der Waals surface area contributed by atoms with Gasteiger partial charge in [0, 0.05) is 5.54 Å². The second-order valence-corrected chi connectivity index (χ2v) is 9.59. The van der Waals surface area contributed by atoms with Crippen LogP contribution in [-0.2, 0) is 9.53 Å². The van der Waals surface area contributed by atoms with Gasteiger partial charge in [-0.15, -0.1) is 11.3 Å². The first-order valence-electron chi connectivity index (χ1n) is 9.30. The van der Waals surface area contributed by atoms with Gasteiger partial charge in [0.15, 0.2) is 6.10 Å². The van der Waals surface area contributed by atoms with Gasteiger partial charge < -0.3 is 10.1 Å². The zero-order valence-electron chi connectivity index (χ0n) is 15.1. The summed E-state index contributed by atoms with van der Waals surface area (Å²) in [4.78, 5) is 29.8. The molecule has 1 aromatic heterocycles. The predicted molar refractivity (Wildman–Crippen MR) is 95.5 cm³/mol. The number of carbonyl (C=O) groups is 2. The minimum Gasteiger partial charge on any atom is -0.448 e. The van der Waals surface area contributed by atoms with Crippen molar-refractivity contribution < 1.29 is 14.3 Å². The fourth-order valence-electron chi connectivity index (χ4n) is 5.62. The van der Waals surface area contributed by atoms with Crippen molar-refractivity contribution in [2.75, 3.05) is 0 Å². The summed E-state index contributed by atoms with van der Waals surface area (Å²) in [6, 6.07) is 0. The van der Waals surface area contributed by atoms with Gasteiger partial charge in [-0.1, -0.05) is 0 Å². The molecule has 1 aromatic rings. The fourth-order valence-corrected chi connectivity index (χ4v) is 6.42. The number of nitrogens with zero attached hydrogens (tertiary/aromatic N) is 1. The summed E-state index contributed by atoms with van der Waals surface area (Å²) in [5.74, 6) is 1.71. The van der Waals surface area contributed by atoms with Crippen LogP contribution in [-0.4, -0.2) is 28.5 Å². The van der Waals surface area contributed by atoms with Gasteiger partial charge in [0.2, 0.25) is 0 Å². The van der Waals surface area contributed by atoms with Crippen LogP contribution in [0.15, 0.2) is 0 Å². The molecule has 0 unspecified atom stereocenters. The maximum atomic E-state index is 12.7. The average Bonchev–Trinajstić information content (AvgIpc) is 2.84. The first kappa shape index (κ1) is 17.0. The number of aryl methyl sites for hydroxylation is 2. The van der Waals surface area contributed by atoms with Crippen molar-refractivity contribution in [2.45, 2.75) is 70.9 Å². The molecule has 4 fully saturated rings. The Morgan fingerprint density at radius 3 is 2.20 bits per heavy atom. The molecular formula is C19H26N2O3S. The molecule has 6 heteroatoms. The Hall–Kier alpha value is -1.43. The quantitative estimate of drug-likeness (QED) is 0.834. The molecule has 0 spiro atoms. The van der Waals surface area contributed by atoms with Gasteiger partial charge in [0.1, 0.15) is 4.88 Å². The fraction of sp³-hybridized carbons (Fsp3) is 0.737. The minimum atomic E-state index is -0.776. The molecule has 4 aliphatic rings. The van der Waals surface area contributed by atoms with Crippen LogP contribution >= 0.6 is 11.3 Å². The highest BCUT2D eigenvalue weighted by Gasteiger charge is 2.51. The molecule has 4 saturated carbocycles. The first-order valence-corrected chi connectivity index (χ1v) is 10.1. The summed E-state index contributed by atoms with van der Waals surface area (Å²) in [5, 5.41) is 4.10. The van der Waals surface area contributed by atoms with Gasteiger partial charge in [-0.3, -0.25) is 4.79 Å². The maximum absolute atomic E-state index is 12.7. The van der Waals surface area contributed by atoms with E-state index in [1.165, 1.54) is 30.6 Å². The molecule has 1 heterocycles. The summed E-state index contributed by atoms with van der Waals surface area (Å²) >= 11 is 1.31. The van der Waals surface area contributed by atoms with Crippen LogP contribution in [0.1, 0.15) is 65.8 Å². The number of aromatic nitrogens is 1. The molecular weight excluding hydrogens is 336 g/mol. The normalized spacial score (nSPS) is 34.0. The lowest BCUT2D eigenvalue weighted by Crippen LogP contribution is -2.61. The second-order valence-electron chi connectivity index (χ2n) is 8.38. The Morgan fingerprint density at radius 2 is 1.72 bits per heavy atom. The van der Waals surface area contributed by atoms with Crippen LogP contribution in [0, 0.1) is 31.6 Å². The van der Waals surface area contributed by atoms with E-state index in [2.05, 4.69) is 10.3 Å².